The Kier molecular flexibility index (Phi) is 6.61. The fraction of sp³-hybridized carbons (Fsp3) is 0.333. The van der Waals surface area contributed by atoms with Gasteiger partial charge in [-0.3, -0.25) is 4.79 Å². The molecule has 1 saturated heterocycles. The molecule has 0 radical (unpaired) electrons. The molecule has 1 fully saturated rings. The van der Waals surface area contributed by atoms with Crippen molar-refractivity contribution in [3.8, 4) is 22.8 Å². The molecule has 2 heterocycles. The molecule has 1 aliphatic rings. The Hall–Kier alpha value is -2.31. The lowest BCUT2D eigenvalue weighted by Gasteiger charge is -2.27. The maximum atomic E-state index is 12.6. The van der Waals surface area contributed by atoms with Crippen molar-refractivity contribution in [2.75, 3.05) is 40.4 Å². The highest BCUT2D eigenvalue weighted by atomic mass is 35.5. The number of benzene rings is 1. The van der Waals surface area contributed by atoms with Crippen molar-refractivity contribution in [3.05, 3.63) is 42.1 Å². The number of pyridine rings is 1. The first-order chi connectivity index (χ1) is 11.7. The highest BCUT2D eigenvalue weighted by Crippen LogP contribution is 2.31. The predicted octanol–water partition coefficient (Wildman–Crippen LogP) is 2.23. The summed E-state index contributed by atoms with van der Waals surface area (Å²) in [7, 11) is 3.20. The molecule has 1 amide bonds. The van der Waals surface area contributed by atoms with Crippen molar-refractivity contribution >= 4 is 18.3 Å². The van der Waals surface area contributed by atoms with Gasteiger partial charge in [0.05, 0.1) is 19.9 Å². The summed E-state index contributed by atoms with van der Waals surface area (Å²) in [6.07, 6.45) is 0. The Labute approximate surface area is 153 Å². The van der Waals surface area contributed by atoms with Gasteiger partial charge in [-0.05, 0) is 30.3 Å². The van der Waals surface area contributed by atoms with Crippen LogP contribution in [-0.2, 0) is 0 Å². The summed E-state index contributed by atoms with van der Waals surface area (Å²) in [5, 5.41) is 3.24. The lowest BCUT2D eigenvalue weighted by atomic mass is 10.1. The third kappa shape index (κ3) is 4.21. The minimum absolute atomic E-state index is 0. The van der Waals surface area contributed by atoms with Gasteiger partial charge in [0.2, 0.25) is 0 Å². The van der Waals surface area contributed by atoms with Crippen LogP contribution < -0.4 is 14.8 Å². The Bertz CT molecular complexity index is 733. The number of nitrogens with zero attached hydrogens (tertiary/aromatic N) is 2. The normalized spacial score (nSPS) is 13.8. The van der Waals surface area contributed by atoms with Crippen LogP contribution in [0.1, 0.15) is 10.5 Å². The Morgan fingerprint density at radius 3 is 2.48 bits per heavy atom. The van der Waals surface area contributed by atoms with Gasteiger partial charge in [-0.2, -0.15) is 0 Å². The number of hydrogen-bond donors (Lipinski definition) is 1. The van der Waals surface area contributed by atoms with E-state index in [1.165, 1.54) is 0 Å². The third-order valence-electron chi connectivity index (χ3n) is 4.05. The van der Waals surface area contributed by atoms with Crippen LogP contribution in [0.3, 0.4) is 0 Å². The molecule has 0 unspecified atom stereocenters. The number of amides is 1. The molecule has 0 saturated carbocycles. The summed E-state index contributed by atoms with van der Waals surface area (Å²) in [5.74, 6) is 1.27. The monoisotopic (exact) mass is 363 g/mol. The zero-order chi connectivity index (χ0) is 16.9. The van der Waals surface area contributed by atoms with E-state index in [-0.39, 0.29) is 18.3 Å². The van der Waals surface area contributed by atoms with Crippen molar-refractivity contribution in [3.63, 3.8) is 0 Å². The van der Waals surface area contributed by atoms with Gasteiger partial charge in [-0.1, -0.05) is 6.07 Å². The van der Waals surface area contributed by atoms with Crippen LogP contribution in [0.4, 0.5) is 0 Å². The second-order valence-corrected chi connectivity index (χ2v) is 5.52. The van der Waals surface area contributed by atoms with Crippen LogP contribution >= 0.6 is 12.4 Å². The van der Waals surface area contributed by atoms with Gasteiger partial charge in [-0.15, -0.1) is 12.4 Å². The maximum Gasteiger partial charge on any atom is 0.272 e. The molecule has 0 atom stereocenters. The molecular weight excluding hydrogens is 342 g/mol. The van der Waals surface area contributed by atoms with E-state index in [4.69, 9.17) is 9.47 Å². The number of carbonyl (C=O) groups is 1. The fourth-order valence-corrected chi connectivity index (χ4v) is 2.74. The molecular formula is C18H22ClN3O3. The lowest BCUT2D eigenvalue weighted by molar-refractivity contribution is 0.0730. The van der Waals surface area contributed by atoms with Crippen LogP contribution in [0.15, 0.2) is 36.4 Å². The summed E-state index contributed by atoms with van der Waals surface area (Å²) in [6.45, 7) is 3.06. The van der Waals surface area contributed by atoms with Crippen molar-refractivity contribution < 1.29 is 14.3 Å². The van der Waals surface area contributed by atoms with Crippen LogP contribution in [0.2, 0.25) is 0 Å². The molecule has 1 aromatic carbocycles. The Morgan fingerprint density at radius 2 is 1.80 bits per heavy atom. The maximum absolute atomic E-state index is 12.6. The Morgan fingerprint density at radius 1 is 1.08 bits per heavy atom. The number of ether oxygens (including phenoxy) is 2. The van der Waals surface area contributed by atoms with Crippen molar-refractivity contribution in [2.45, 2.75) is 0 Å². The molecule has 1 aromatic heterocycles. The summed E-state index contributed by atoms with van der Waals surface area (Å²) in [4.78, 5) is 19.0. The predicted molar refractivity (Wildman–Crippen MR) is 98.8 cm³/mol. The van der Waals surface area contributed by atoms with E-state index < -0.39 is 0 Å². The first-order valence-corrected chi connectivity index (χ1v) is 7.92. The van der Waals surface area contributed by atoms with Gasteiger partial charge in [0, 0.05) is 31.7 Å². The Balaban J connectivity index is 0.00000225. The number of rotatable bonds is 4. The molecule has 0 aliphatic carbocycles. The van der Waals surface area contributed by atoms with Crippen LogP contribution in [0.5, 0.6) is 11.5 Å². The quantitative estimate of drug-likeness (QED) is 0.902. The van der Waals surface area contributed by atoms with Gasteiger partial charge in [-0.25, -0.2) is 4.98 Å². The first kappa shape index (κ1) is 19.0. The number of aromatic nitrogens is 1. The summed E-state index contributed by atoms with van der Waals surface area (Å²) < 4.78 is 10.6. The second-order valence-electron chi connectivity index (χ2n) is 5.52. The molecule has 3 rings (SSSR count). The standard InChI is InChI=1S/C18H21N3O3.ClH/c1-23-16-7-6-13(12-17(16)24-2)14-4-3-5-15(20-14)18(22)21-10-8-19-9-11-21;/h3-7,12,19H,8-11H2,1-2H3;1H. The van der Waals surface area contributed by atoms with Gasteiger partial charge < -0.3 is 19.7 Å². The minimum Gasteiger partial charge on any atom is -0.493 e. The van der Waals surface area contributed by atoms with E-state index in [9.17, 15) is 4.79 Å². The molecule has 1 N–H and O–H groups in total. The molecule has 7 heteroatoms. The second kappa shape index (κ2) is 8.69. The molecule has 1 aliphatic heterocycles. The topological polar surface area (TPSA) is 63.7 Å². The van der Waals surface area contributed by atoms with E-state index in [1.807, 2.05) is 35.2 Å². The van der Waals surface area contributed by atoms with E-state index in [0.717, 1.165) is 24.3 Å². The largest absolute Gasteiger partial charge is 0.493 e. The number of methoxy groups -OCH3 is 2. The van der Waals surface area contributed by atoms with Crippen molar-refractivity contribution in [1.29, 1.82) is 0 Å². The highest BCUT2D eigenvalue weighted by Gasteiger charge is 2.19. The van der Waals surface area contributed by atoms with Crippen molar-refractivity contribution in [1.82, 2.24) is 15.2 Å². The minimum atomic E-state index is -0.0289. The van der Waals surface area contributed by atoms with Gasteiger partial charge >= 0.3 is 0 Å². The first-order valence-electron chi connectivity index (χ1n) is 7.92. The number of piperazine rings is 1. The lowest BCUT2D eigenvalue weighted by Crippen LogP contribution is -2.46. The van der Waals surface area contributed by atoms with Crippen molar-refractivity contribution in [2.24, 2.45) is 0 Å². The zero-order valence-corrected chi connectivity index (χ0v) is 15.1. The molecule has 6 nitrogen and oxygen atoms in total. The summed E-state index contributed by atoms with van der Waals surface area (Å²) in [6, 6.07) is 11.1. The van der Waals surface area contributed by atoms with Crippen LogP contribution in [0, 0.1) is 0 Å². The molecule has 0 bridgehead atoms. The van der Waals surface area contributed by atoms with Gasteiger partial charge in [0.15, 0.2) is 11.5 Å². The average Bonchev–Trinajstić information content (AvgIpc) is 2.67. The fourth-order valence-electron chi connectivity index (χ4n) is 2.74. The smallest absolute Gasteiger partial charge is 0.272 e. The van der Waals surface area contributed by atoms with E-state index in [0.29, 0.717) is 30.3 Å². The molecule has 25 heavy (non-hydrogen) atoms. The number of hydrogen-bond acceptors (Lipinski definition) is 5. The zero-order valence-electron chi connectivity index (χ0n) is 14.3. The van der Waals surface area contributed by atoms with Gasteiger partial charge in [0.1, 0.15) is 5.69 Å². The molecule has 134 valence electrons. The van der Waals surface area contributed by atoms with E-state index in [2.05, 4.69) is 10.3 Å². The summed E-state index contributed by atoms with van der Waals surface area (Å²) in [5.41, 5.74) is 2.07. The number of halogens is 1. The average molecular weight is 364 g/mol. The van der Waals surface area contributed by atoms with Gasteiger partial charge in [0.25, 0.3) is 5.91 Å². The SMILES string of the molecule is COc1ccc(-c2cccc(C(=O)N3CCNCC3)n2)cc1OC.Cl. The number of nitrogens with one attached hydrogen (secondary N) is 1. The molecule has 0 spiro atoms. The van der Waals surface area contributed by atoms with Crippen LogP contribution in [0.25, 0.3) is 11.3 Å². The third-order valence-corrected chi connectivity index (χ3v) is 4.05. The highest BCUT2D eigenvalue weighted by molar-refractivity contribution is 5.93. The summed E-state index contributed by atoms with van der Waals surface area (Å²) >= 11 is 0. The molecule has 2 aromatic rings. The number of carbonyl (C=O) groups excluding carboxylic acids is 1. The van der Waals surface area contributed by atoms with Crippen LogP contribution in [-0.4, -0.2) is 56.2 Å². The van der Waals surface area contributed by atoms with E-state index in [1.54, 1.807) is 20.3 Å². The van der Waals surface area contributed by atoms with E-state index >= 15 is 0 Å².